The molecule has 118 valence electrons. The zero-order chi connectivity index (χ0) is 16.4. The molecule has 0 fully saturated rings. The van der Waals surface area contributed by atoms with Gasteiger partial charge in [0.15, 0.2) is 11.5 Å². The van der Waals surface area contributed by atoms with Crippen molar-refractivity contribution < 1.29 is 9.47 Å². The van der Waals surface area contributed by atoms with Gasteiger partial charge in [0.2, 0.25) is 0 Å². The third-order valence-electron chi connectivity index (χ3n) is 4.20. The second-order valence-corrected chi connectivity index (χ2v) is 5.83. The smallest absolute Gasteiger partial charge is 0.305 e. The summed E-state index contributed by atoms with van der Waals surface area (Å²) in [6.45, 7) is 3.80. The minimum atomic E-state index is -0.947. The third kappa shape index (κ3) is 2.37. The molecule has 0 spiro atoms. The summed E-state index contributed by atoms with van der Waals surface area (Å²) in [5.74, 6) is 0.579. The second kappa shape index (κ2) is 5.89. The van der Waals surface area contributed by atoms with Crippen molar-refractivity contribution in [3.05, 3.63) is 108 Å². The maximum Gasteiger partial charge on any atom is 0.305 e. The largest absolute Gasteiger partial charge is 0.440 e. The van der Waals surface area contributed by atoms with Crippen LogP contribution in [0.3, 0.4) is 0 Å². The maximum absolute atomic E-state index is 6.40. The molecule has 3 aromatic rings. The Balaban J connectivity index is 1.83. The molecule has 0 radical (unpaired) electrons. The van der Waals surface area contributed by atoms with E-state index in [1.807, 2.05) is 78.9 Å². The van der Waals surface area contributed by atoms with Crippen LogP contribution in [0.15, 0.2) is 91.5 Å². The number of fused-ring (bicyclic) bond motifs is 1. The number of hydrogen-bond acceptors (Lipinski definition) is 2. The SMILES string of the molecule is C=CCc1ccc2c(c1)OC(c1ccccc1)(c1ccccc1)O2. The van der Waals surface area contributed by atoms with Gasteiger partial charge in [-0.2, -0.15) is 0 Å². The van der Waals surface area contributed by atoms with Gasteiger partial charge in [-0.15, -0.1) is 6.58 Å². The van der Waals surface area contributed by atoms with Crippen LogP contribution >= 0.6 is 0 Å². The fraction of sp³-hybridized carbons (Fsp3) is 0.0909. The highest BCUT2D eigenvalue weighted by atomic mass is 16.7. The Labute approximate surface area is 142 Å². The lowest BCUT2D eigenvalue weighted by molar-refractivity contribution is -0.0459. The van der Waals surface area contributed by atoms with E-state index < -0.39 is 5.79 Å². The summed E-state index contributed by atoms with van der Waals surface area (Å²) in [5, 5.41) is 0. The van der Waals surface area contributed by atoms with E-state index in [0.29, 0.717) is 0 Å². The van der Waals surface area contributed by atoms with E-state index in [1.165, 1.54) is 0 Å². The Morgan fingerprint density at radius 1 is 0.750 bits per heavy atom. The summed E-state index contributed by atoms with van der Waals surface area (Å²) in [7, 11) is 0. The fourth-order valence-corrected chi connectivity index (χ4v) is 3.06. The predicted octanol–water partition coefficient (Wildman–Crippen LogP) is 5.09. The van der Waals surface area contributed by atoms with Gasteiger partial charge in [0.25, 0.3) is 0 Å². The van der Waals surface area contributed by atoms with Crippen LogP contribution in [-0.2, 0) is 12.2 Å². The minimum absolute atomic E-state index is 0.760. The average molecular weight is 314 g/mol. The van der Waals surface area contributed by atoms with Gasteiger partial charge in [0.05, 0.1) is 0 Å². The molecular weight excluding hydrogens is 296 g/mol. The predicted molar refractivity (Wildman–Crippen MR) is 95.3 cm³/mol. The average Bonchev–Trinajstić information content (AvgIpc) is 3.04. The van der Waals surface area contributed by atoms with Gasteiger partial charge in [-0.3, -0.25) is 0 Å². The van der Waals surface area contributed by atoms with Gasteiger partial charge in [0, 0.05) is 11.1 Å². The van der Waals surface area contributed by atoms with Crippen molar-refractivity contribution in [1.82, 2.24) is 0 Å². The first-order valence-electron chi connectivity index (χ1n) is 8.05. The van der Waals surface area contributed by atoms with E-state index in [1.54, 1.807) is 0 Å². The highest BCUT2D eigenvalue weighted by Crippen LogP contribution is 2.47. The summed E-state index contributed by atoms with van der Waals surface area (Å²) in [5.41, 5.74) is 3.10. The molecule has 4 rings (SSSR count). The summed E-state index contributed by atoms with van der Waals surface area (Å²) in [6.07, 6.45) is 2.69. The van der Waals surface area contributed by atoms with Crippen molar-refractivity contribution in [2.75, 3.05) is 0 Å². The normalized spacial score (nSPS) is 14.3. The molecular formula is C22H18O2. The summed E-state index contributed by atoms with van der Waals surface area (Å²) in [6, 6.07) is 26.2. The quantitative estimate of drug-likeness (QED) is 0.625. The minimum Gasteiger partial charge on any atom is -0.440 e. The molecule has 0 saturated heterocycles. The Hall–Kier alpha value is -3.00. The Kier molecular flexibility index (Phi) is 3.58. The molecule has 0 amide bonds. The first-order valence-corrected chi connectivity index (χ1v) is 8.05. The molecule has 1 aliphatic heterocycles. The topological polar surface area (TPSA) is 18.5 Å². The van der Waals surface area contributed by atoms with Crippen molar-refractivity contribution in [2.24, 2.45) is 0 Å². The Bertz CT molecular complexity index is 814. The van der Waals surface area contributed by atoms with Crippen LogP contribution in [0.1, 0.15) is 16.7 Å². The van der Waals surface area contributed by atoms with Crippen LogP contribution in [0.2, 0.25) is 0 Å². The van der Waals surface area contributed by atoms with Crippen molar-refractivity contribution in [3.63, 3.8) is 0 Å². The number of rotatable bonds is 4. The van der Waals surface area contributed by atoms with Crippen LogP contribution in [0.5, 0.6) is 11.5 Å². The van der Waals surface area contributed by atoms with E-state index >= 15 is 0 Å². The van der Waals surface area contributed by atoms with Crippen molar-refractivity contribution in [2.45, 2.75) is 12.2 Å². The Morgan fingerprint density at radius 3 is 1.92 bits per heavy atom. The van der Waals surface area contributed by atoms with Gasteiger partial charge in [-0.25, -0.2) is 0 Å². The molecule has 2 nitrogen and oxygen atoms in total. The molecule has 1 aliphatic rings. The summed E-state index contributed by atoms with van der Waals surface area (Å²) in [4.78, 5) is 0. The van der Waals surface area contributed by atoms with Gasteiger partial charge in [0.1, 0.15) is 0 Å². The summed E-state index contributed by atoms with van der Waals surface area (Å²) >= 11 is 0. The van der Waals surface area contributed by atoms with E-state index in [4.69, 9.17) is 9.47 Å². The van der Waals surface area contributed by atoms with Crippen LogP contribution in [0, 0.1) is 0 Å². The molecule has 2 heteroatoms. The lowest BCUT2D eigenvalue weighted by atomic mass is 9.97. The molecule has 0 unspecified atom stereocenters. The number of benzene rings is 3. The van der Waals surface area contributed by atoms with E-state index in [9.17, 15) is 0 Å². The molecule has 0 aliphatic carbocycles. The lowest BCUT2D eigenvalue weighted by Crippen LogP contribution is -2.36. The molecule has 1 heterocycles. The van der Waals surface area contributed by atoms with Gasteiger partial charge in [-0.05, 0) is 24.1 Å². The zero-order valence-corrected chi connectivity index (χ0v) is 13.3. The number of hydrogen-bond donors (Lipinski definition) is 0. The van der Waals surface area contributed by atoms with Crippen LogP contribution < -0.4 is 9.47 Å². The first kappa shape index (κ1) is 14.6. The van der Waals surface area contributed by atoms with Crippen LogP contribution in [-0.4, -0.2) is 0 Å². The van der Waals surface area contributed by atoms with E-state index in [2.05, 4.69) is 12.6 Å². The molecule has 0 atom stereocenters. The van der Waals surface area contributed by atoms with Gasteiger partial charge < -0.3 is 9.47 Å². The molecule has 0 aromatic heterocycles. The number of ether oxygens (including phenoxy) is 2. The summed E-state index contributed by atoms with van der Waals surface area (Å²) < 4.78 is 12.7. The third-order valence-corrected chi connectivity index (χ3v) is 4.20. The molecule has 3 aromatic carbocycles. The first-order chi connectivity index (χ1) is 11.8. The maximum atomic E-state index is 6.40. The Morgan fingerprint density at radius 2 is 1.33 bits per heavy atom. The lowest BCUT2D eigenvalue weighted by Gasteiger charge is -2.28. The zero-order valence-electron chi connectivity index (χ0n) is 13.3. The fourth-order valence-electron chi connectivity index (χ4n) is 3.06. The molecule has 24 heavy (non-hydrogen) atoms. The van der Waals surface area contributed by atoms with Crippen LogP contribution in [0.4, 0.5) is 0 Å². The molecule has 0 N–H and O–H groups in total. The molecule has 0 saturated carbocycles. The van der Waals surface area contributed by atoms with Gasteiger partial charge >= 0.3 is 5.79 Å². The van der Waals surface area contributed by atoms with Crippen molar-refractivity contribution >= 4 is 0 Å². The van der Waals surface area contributed by atoms with Crippen molar-refractivity contribution in [3.8, 4) is 11.5 Å². The highest BCUT2D eigenvalue weighted by Gasteiger charge is 2.45. The van der Waals surface area contributed by atoms with E-state index in [-0.39, 0.29) is 0 Å². The second-order valence-electron chi connectivity index (χ2n) is 5.83. The highest BCUT2D eigenvalue weighted by molar-refractivity contribution is 5.50. The number of allylic oxidation sites excluding steroid dienone is 1. The standard InChI is InChI=1S/C22H18O2/c1-2-9-17-14-15-20-21(16-17)24-22(23-20,18-10-5-3-6-11-18)19-12-7-4-8-13-19/h2-8,10-16H,1,9H2. The van der Waals surface area contributed by atoms with Crippen LogP contribution in [0.25, 0.3) is 0 Å². The monoisotopic (exact) mass is 314 g/mol. The van der Waals surface area contributed by atoms with E-state index in [0.717, 1.165) is 34.6 Å². The van der Waals surface area contributed by atoms with Gasteiger partial charge in [-0.1, -0.05) is 72.8 Å². The van der Waals surface area contributed by atoms with Crippen molar-refractivity contribution in [1.29, 1.82) is 0 Å². The molecule has 0 bridgehead atoms.